The maximum atomic E-state index is 12.4. The van der Waals surface area contributed by atoms with Crippen LogP contribution in [0.25, 0.3) is 6.08 Å². The molecular formula is C22H24N2O2. The molecule has 26 heavy (non-hydrogen) atoms. The standard InChI is InChI=1S/C22H24N2O2/c1-21(2)18-9-4-5-10-19(18)24-14-12-20(25)23-22(21,24)13-11-16-7-6-8-17(15-16)26-3/h4-11,13,15H,12,14H2,1-3H3,(H,23,25). The van der Waals surface area contributed by atoms with Gasteiger partial charge in [0.05, 0.1) is 7.11 Å². The molecular weight excluding hydrogens is 324 g/mol. The molecule has 0 aromatic heterocycles. The molecule has 2 aliphatic rings. The van der Waals surface area contributed by atoms with E-state index >= 15 is 0 Å². The summed E-state index contributed by atoms with van der Waals surface area (Å²) in [6, 6.07) is 16.4. The van der Waals surface area contributed by atoms with Crippen LogP contribution in [0.2, 0.25) is 0 Å². The Labute approximate surface area is 154 Å². The fourth-order valence-electron chi connectivity index (χ4n) is 4.28. The van der Waals surface area contributed by atoms with Gasteiger partial charge in [0.2, 0.25) is 5.91 Å². The zero-order valence-electron chi connectivity index (χ0n) is 15.5. The molecule has 1 saturated heterocycles. The van der Waals surface area contributed by atoms with Crippen molar-refractivity contribution < 1.29 is 9.53 Å². The van der Waals surface area contributed by atoms with E-state index in [0.29, 0.717) is 13.0 Å². The number of nitrogens with zero attached hydrogens (tertiary/aromatic N) is 1. The first-order chi connectivity index (χ1) is 12.5. The van der Waals surface area contributed by atoms with Crippen molar-refractivity contribution >= 4 is 17.7 Å². The molecule has 2 aromatic rings. The number of ether oxygens (including phenoxy) is 1. The molecule has 1 atom stereocenters. The summed E-state index contributed by atoms with van der Waals surface area (Å²) in [6.45, 7) is 5.12. The molecule has 1 unspecified atom stereocenters. The number of hydrogen-bond donors (Lipinski definition) is 1. The summed E-state index contributed by atoms with van der Waals surface area (Å²) in [5, 5.41) is 3.30. The van der Waals surface area contributed by atoms with E-state index in [0.717, 1.165) is 11.3 Å². The Hall–Kier alpha value is -2.75. The number of fused-ring (bicyclic) bond motifs is 3. The molecule has 0 bridgehead atoms. The van der Waals surface area contributed by atoms with E-state index in [1.165, 1.54) is 11.3 Å². The minimum Gasteiger partial charge on any atom is -0.497 e. The van der Waals surface area contributed by atoms with Crippen molar-refractivity contribution in [1.82, 2.24) is 5.32 Å². The number of methoxy groups -OCH3 is 1. The molecule has 2 aromatic carbocycles. The average molecular weight is 348 g/mol. The van der Waals surface area contributed by atoms with E-state index in [-0.39, 0.29) is 11.3 Å². The summed E-state index contributed by atoms with van der Waals surface area (Å²) in [5.74, 6) is 0.917. The number of anilines is 1. The van der Waals surface area contributed by atoms with Crippen molar-refractivity contribution in [3.8, 4) is 5.75 Å². The van der Waals surface area contributed by atoms with Gasteiger partial charge >= 0.3 is 0 Å². The van der Waals surface area contributed by atoms with E-state index in [2.05, 4.69) is 60.5 Å². The SMILES string of the molecule is COc1cccc(C=CC23NC(=O)CCN2c2ccccc2C3(C)C)c1. The van der Waals surface area contributed by atoms with E-state index < -0.39 is 5.66 Å². The fourth-order valence-corrected chi connectivity index (χ4v) is 4.28. The second-order valence-corrected chi connectivity index (χ2v) is 7.47. The lowest BCUT2D eigenvalue weighted by Gasteiger charge is -2.49. The summed E-state index contributed by atoms with van der Waals surface area (Å²) >= 11 is 0. The van der Waals surface area contributed by atoms with Crippen molar-refractivity contribution in [2.75, 3.05) is 18.6 Å². The number of nitrogens with one attached hydrogen (secondary N) is 1. The minimum atomic E-state index is -0.574. The maximum absolute atomic E-state index is 12.4. The van der Waals surface area contributed by atoms with Gasteiger partial charge in [-0.15, -0.1) is 0 Å². The number of para-hydroxylation sites is 1. The smallest absolute Gasteiger partial charge is 0.223 e. The highest BCUT2D eigenvalue weighted by Crippen LogP contribution is 2.52. The Morgan fingerprint density at radius 2 is 1.96 bits per heavy atom. The molecule has 134 valence electrons. The third-order valence-corrected chi connectivity index (χ3v) is 5.75. The van der Waals surface area contributed by atoms with Gasteiger partial charge < -0.3 is 15.0 Å². The largest absolute Gasteiger partial charge is 0.497 e. The zero-order chi connectivity index (χ0) is 18.4. The topological polar surface area (TPSA) is 41.6 Å². The first-order valence-corrected chi connectivity index (χ1v) is 8.99. The van der Waals surface area contributed by atoms with Crippen LogP contribution in [0.15, 0.2) is 54.6 Å². The third-order valence-electron chi connectivity index (χ3n) is 5.75. The molecule has 0 aliphatic carbocycles. The average Bonchev–Trinajstić information content (AvgIpc) is 2.85. The van der Waals surface area contributed by atoms with Crippen molar-refractivity contribution in [2.45, 2.75) is 31.3 Å². The van der Waals surface area contributed by atoms with Gasteiger partial charge in [0, 0.05) is 24.1 Å². The van der Waals surface area contributed by atoms with Crippen LogP contribution in [-0.4, -0.2) is 25.2 Å². The Morgan fingerprint density at radius 3 is 2.77 bits per heavy atom. The summed E-state index contributed by atoms with van der Waals surface area (Å²) in [7, 11) is 1.67. The van der Waals surface area contributed by atoms with Gasteiger partial charge in [-0.1, -0.05) is 50.3 Å². The quantitative estimate of drug-likeness (QED) is 0.919. The Bertz CT molecular complexity index is 887. The van der Waals surface area contributed by atoms with Gasteiger partial charge in [-0.25, -0.2) is 0 Å². The van der Waals surface area contributed by atoms with Crippen LogP contribution in [-0.2, 0) is 10.2 Å². The Kier molecular flexibility index (Phi) is 3.79. The van der Waals surface area contributed by atoms with Gasteiger partial charge in [0.25, 0.3) is 0 Å². The lowest BCUT2D eigenvalue weighted by molar-refractivity contribution is -0.124. The lowest BCUT2D eigenvalue weighted by atomic mass is 9.74. The van der Waals surface area contributed by atoms with Crippen LogP contribution in [0.4, 0.5) is 5.69 Å². The highest BCUT2D eigenvalue weighted by Gasteiger charge is 2.57. The van der Waals surface area contributed by atoms with Crippen molar-refractivity contribution in [3.05, 3.63) is 65.7 Å². The minimum absolute atomic E-state index is 0.0948. The molecule has 1 fully saturated rings. The Morgan fingerprint density at radius 1 is 1.15 bits per heavy atom. The van der Waals surface area contributed by atoms with Crippen LogP contribution in [0, 0.1) is 0 Å². The highest BCUT2D eigenvalue weighted by molar-refractivity contribution is 5.84. The maximum Gasteiger partial charge on any atom is 0.223 e. The van der Waals surface area contributed by atoms with E-state index in [1.54, 1.807) is 7.11 Å². The normalized spacial score (nSPS) is 23.5. The number of hydrogen-bond acceptors (Lipinski definition) is 3. The van der Waals surface area contributed by atoms with E-state index in [1.807, 2.05) is 24.3 Å². The predicted molar refractivity (Wildman–Crippen MR) is 104 cm³/mol. The summed E-state index contributed by atoms with van der Waals surface area (Å²) in [6.07, 6.45) is 4.73. The summed E-state index contributed by atoms with van der Waals surface area (Å²) in [5.41, 5.74) is 2.68. The van der Waals surface area contributed by atoms with Crippen LogP contribution in [0.3, 0.4) is 0 Å². The molecule has 0 spiro atoms. The molecule has 4 nitrogen and oxygen atoms in total. The molecule has 2 aliphatic heterocycles. The zero-order valence-corrected chi connectivity index (χ0v) is 15.5. The molecule has 0 saturated carbocycles. The van der Waals surface area contributed by atoms with Crippen LogP contribution in [0.1, 0.15) is 31.4 Å². The molecule has 4 rings (SSSR count). The van der Waals surface area contributed by atoms with E-state index in [4.69, 9.17) is 4.74 Å². The van der Waals surface area contributed by atoms with Crippen molar-refractivity contribution in [3.63, 3.8) is 0 Å². The highest BCUT2D eigenvalue weighted by atomic mass is 16.5. The molecule has 0 radical (unpaired) electrons. The third kappa shape index (κ3) is 2.32. The fraction of sp³-hybridized carbons (Fsp3) is 0.318. The molecule has 1 amide bonds. The van der Waals surface area contributed by atoms with Gasteiger partial charge in [0.15, 0.2) is 0 Å². The van der Waals surface area contributed by atoms with Crippen molar-refractivity contribution in [1.29, 1.82) is 0 Å². The lowest BCUT2D eigenvalue weighted by Crippen LogP contribution is -2.68. The van der Waals surface area contributed by atoms with Crippen LogP contribution < -0.4 is 15.0 Å². The van der Waals surface area contributed by atoms with Gasteiger partial charge in [-0.2, -0.15) is 0 Å². The van der Waals surface area contributed by atoms with Crippen LogP contribution in [0.5, 0.6) is 5.75 Å². The molecule has 2 heterocycles. The number of rotatable bonds is 3. The first-order valence-electron chi connectivity index (χ1n) is 8.99. The summed E-state index contributed by atoms with van der Waals surface area (Å²) in [4.78, 5) is 14.7. The van der Waals surface area contributed by atoms with Crippen LogP contribution >= 0.6 is 0 Å². The second kappa shape index (κ2) is 5.90. The van der Waals surface area contributed by atoms with Gasteiger partial charge in [0.1, 0.15) is 11.4 Å². The van der Waals surface area contributed by atoms with Gasteiger partial charge in [-0.3, -0.25) is 4.79 Å². The first kappa shape index (κ1) is 16.7. The van der Waals surface area contributed by atoms with E-state index in [9.17, 15) is 4.79 Å². The second-order valence-electron chi connectivity index (χ2n) is 7.47. The number of amides is 1. The Balaban J connectivity index is 1.82. The number of carbonyl (C=O) groups excluding carboxylic acids is 1. The number of benzene rings is 2. The molecule has 1 N–H and O–H groups in total. The summed E-state index contributed by atoms with van der Waals surface area (Å²) < 4.78 is 5.33. The predicted octanol–water partition coefficient (Wildman–Crippen LogP) is 3.72. The van der Waals surface area contributed by atoms with Gasteiger partial charge in [-0.05, 0) is 35.4 Å². The molecule has 4 heteroatoms. The van der Waals surface area contributed by atoms with Crippen molar-refractivity contribution in [2.24, 2.45) is 0 Å². The number of carbonyl (C=O) groups is 1. The monoisotopic (exact) mass is 348 g/mol.